The van der Waals surface area contributed by atoms with Gasteiger partial charge in [-0.3, -0.25) is 0 Å². The van der Waals surface area contributed by atoms with Crippen LogP contribution in [-0.2, 0) is 11.2 Å². The van der Waals surface area contributed by atoms with Crippen LogP contribution in [0.25, 0.3) is 0 Å². The van der Waals surface area contributed by atoms with Crippen molar-refractivity contribution in [2.75, 3.05) is 19.8 Å². The molecule has 1 aromatic carbocycles. The van der Waals surface area contributed by atoms with Gasteiger partial charge in [0.15, 0.2) is 0 Å². The molecule has 1 fully saturated rings. The molecular formula is C16H23NO2. The molecule has 1 heterocycles. The van der Waals surface area contributed by atoms with Crippen LogP contribution in [0.5, 0.6) is 0 Å². The highest BCUT2D eigenvalue weighted by atomic mass is 16.5. The van der Waals surface area contributed by atoms with Crippen molar-refractivity contribution in [3.8, 4) is 0 Å². The van der Waals surface area contributed by atoms with E-state index >= 15 is 0 Å². The first-order valence-corrected chi connectivity index (χ1v) is 7.29. The van der Waals surface area contributed by atoms with E-state index in [9.17, 15) is 5.11 Å². The molecule has 0 bridgehead atoms. The zero-order chi connectivity index (χ0) is 13.3. The minimum atomic E-state index is -0.588. The van der Waals surface area contributed by atoms with Gasteiger partial charge in [0.05, 0.1) is 5.60 Å². The smallest absolute Gasteiger partial charge is 0.0815 e. The van der Waals surface area contributed by atoms with Gasteiger partial charge in [0.2, 0.25) is 0 Å². The highest BCUT2D eigenvalue weighted by molar-refractivity contribution is 5.35. The zero-order valence-corrected chi connectivity index (χ0v) is 11.6. The Labute approximate surface area is 115 Å². The van der Waals surface area contributed by atoms with Crippen LogP contribution in [0.4, 0.5) is 0 Å². The molecule has 19 heavy (non-hydrogen) atoms. The minimum Gasteiger partial charge on any atom is -0.388 e. The second-order valence-electron chi connectivity index (χ2n) is 6.08. The number of hydrogen-bond acceptors (Lipinski definition) is 3. The Balaban J connectivity index is 1.67. The van der Waals surface area contributed by atoms with Crippen LogP contribution < -0.4 is 5.32 Å². The second kappa shape index (κ2) is 5.23. The molecule has 2 atom stereocenters. The van der Waals surface area contributed by atoms with E-state index in [4.69, 9.17) is 4.74 Å². The molecule has 104 valence electrons. The van der Waals surface area contributed by atoms with Crippen molar-refractivity contribution in [3.63, 3.8) is 0 Å². The molecule has 2 N–H and O–H groups in total. The van der Waals surface area contributed by atoms with Crippen molar-refractivity contribution in [1.29, 1.82) is 0 Å². The van der Waals surface area contributed by atoms with Gasteiger partial charge in [-0.15, -0.1) is 0 Å². The monoisotopic (exact) mass is 261 g/mol. The number of hydrogen-bond donors (Lipinski definition) is 2. The molecule has 0 amide bonds. The number of nitrogens with one attached hydrogen (secondary N) is 1. The average Bonchev–Trinajstić information content (AvgIpc) is 2.73. The molecule has 0 radical (unpaired) electrons. The molecule has 0 aromatic heterocycles. The lowest BCUT2D eigenvalue weighted by Gasteiger charge is -2.34. The summed E-state index contributed by atoms with van der Waals surface area (Å²) in [6.45, 7) is 4.30. The van der Waals surface area contributed by atoms with E-state index < -0.39 is 5.60 Å². The van der Waals surface area contributed by atoms with Crippen LogP contribution in [0, 0.1) is 5.92 Å². The van der Waals surface area contributed by atoms with E-state index in [-0.39, 0.29) is 0 Å². The third-order valence-corrected chi connectivity index (χ3v) is 4.58. The summed E-state index contributed by atoms with van der Waals surface area (Å²) in [6.07, 6.45) is 2.61. The third-order valence-electron chi connectivity index (χ3n) is 4.58. The summed E-state index contributed by atoms with van der Waals surface area (Å²) in [7, 11) is 0. The zero-order valence-electron chi connectivity index (χ0n) is 11.6. The molecule has 0 saturated carbocycles. The van der Waals surface area contributed by atoms with Gasteiger partial charge in [-0.05, 0) is 23.5 Å². The number of ether oxygens (including phenoxy) is 1. The van der Waals surface area contributed by atoms with Crippen LogP contribution >= 0.6 is 0 Å². The number of rotatable bonds is 3. The molecule has 0 spiro atoms. The maximum atomic E-state index is 10.5. The Bertz CT molecular complexity index is 440. The Morgan fingerprint density at radius 2 is 2.05 bits per heavy atom. The first kappa shape index (κ1) is 13.1. The summed E-state index contributed by atoms with van der Waals surface area (Å²) in [5, 5.41) is 14.1. The molecule has 3 rings (SSSR count). The first-order valence-electron chi connectivity index (χ1n) is 7.29. The van der Waals surface area contributed by atoms with Crippen molar-refractivity contribution in [1.82, 2.24) is 5.32 Å². The summed E-state index contributed by atoms with van der Waals surface area (Å²) in [5.41, 5.74) is 2.27. The van der Waals surface area contributed by atoms with E-state index in [2.05, 4.69) is 36.5 Å². The molecule has 2 unspecified atom stereocenters. The van der Waals surface area contributed by atoms with Gasteiger partial charge in [-0.2, -0.15) is 0 Å². The summed E-state index contributed by atoms with van der Waals surface area (Å²) >= 11 is 0. The first-order chi connectivity index (χ1) is 9.18. The predicted molar refractivity (Wildman–Crippen MR) is 75.1 cm³/mol. The van der Waals surface area contributed by atoms with Crippen molar-refractivity contribution in [2.24, 2.45) is 5.92 Å². The molecule has 3 heteroatoms. The van der Waals surface area contributed by atoms with Gasteiger partial charge in [-0.25, -0.2) is 0 Å². The summed E-state index contributed by atoms with van der Waals surface area (Å²) in [6, 6.07) is 9.03. The molecule has 2 aliphatic rings. The van der Waals surface area contributed by atoms with E-state index in [1.165, 1.54) is 11.1 Å². The molecule has 1 saturated heterocycles. The van der Waals surface area contributed by atoms with Crippen molar-refractivity contribution in [3.05, 3.63) is 35.4 Å². The van der Waals surface area contributed by atoms with E-state index in [1.54, 1.807) is 0 Å². The Morgan fingerprint density at radius 3 is 2.84 bits per heavy atom. The quantitative estimate of drug-likeness (QED) is 0.875. The van der Waals surface area contributed by atoms with Gasteiger partial charge in [0.1, 0.15) is 0 Å². The maximum absolute atomic E-state index is 10.5. The van der Waals surface area contributed by atoms with Crippen molar-refractivity contribution >= 4 is 0 Å². The van der Waals surface area contributed by atoms with Gasteiger partial charge in [-0.1, -0.05) is 31.2 Å². The predicted octanol–water partition coefficient (Wildman–Crippen LogP) is 2.05. The Hall–Kier alpha value is -0.900. The average molecular weight is 261 g/mol. The van der Waals surface area contributed by atoms with Crippen LogP contribution in [0.1, 0.15) is 36.9 Å². The van der Waals surface area contributed by atoms with E-state index in [1.807, 2.05) is 0 Å². The Kier molecular flexibility index (Phi) is 3.61. The Morgan fingerprint density at radius 1 is 1.32 bits per heavy atom. The van der Waals surface area contributed by atoms with Gasteiger partial charge in [0, 0.05) is 38.6 Å². The van der Waals surface area contributed by atoms with Gasteiger partial charge >= 0.3 is 0 Å². The van der Waals surface area contributed by atoms with E-state index in [0.717, 1.165) is 19.3 Å². The standard InChI is InChI=1S/C16H23NO2/c1-12-10-13-4-2-3-5-14(13)15(12)17-11-16(18)6-8-19-9-7-16/h2-5,12,15,17-18H,6-11H2,1H3. The fourth-order valence-corrected chi connectivity index (χ4v) is 3.33. The van der Waals surface area contributed by atoms with E-state index in [0.29, 0.717) is 31.7 Å². The number of benzene rings is 1. The summed E-state index contributed by atoms with van der Waals surface area (Å²) in [4.78, 5) is 0. The molecule has 1 aliphatic carbocycles. The minimum absolute atomic E-state index is 0.378. The van der Waals surface area contributed by atoms with Crippen LogP contribution in [-0.4, -0.2) is 30.5 Å². The largest absolute Gasteiger partial charge is 0.388 e. The number of fused-ring (bicyclic) bond motifs is 1. The van der Waals surface area contributed by atoms with Gasteiger partial charge < -0.3 is 15.2 Å². The van der Waals surface area contributed by atoms with Crippen molar-refractivity contribution in [2.45, 2.75) is 37.8 Å². The lowest BCUT2D eigenvalue weighted by Crippen LogP contribution is -2.46. The van der Waals surface area contributed by atoms with Crippen LogP contribution in [0.3, 0.4) is 0 Å². The fourth-order valence-electron chi connectivity index (χ4n) is 3.33. The SMILES string of the molecule is CC1Cc2ccccc2C1NCC1(O)CCOCC1. The lowest BCUT2D eigenvalue weighted by atomic mass is 9.93. The third kappa shape index (κ3) is 2.69. The van der Waals surface area contributed by atoms with Gasteiger partial charge in [0.25, 0.3) is 0 Å². The molecule has 3 nitrogen and oxygen atoms in total. The summed E-state index contributed by atoms with van der Waals surface area (Å²) < 4.78 is 5.33. The van der Waals surface area contributed by atoms with Crippen LogP contribution in [0.2, 0.25) is 0 Å². The number of aliphatic hydroxyl groups is 1. The molecular weight excluding hydrogens is 238 g/mol. The normalized spacial score (nSPS) is 29.2. The second-order valence-corrected chi connectivity index (χ2v) is 6.08. The van der Waals surface area contributed by atoms with Crippen molar-refractivity contribution < 1.29 is 9.84 Å². The molecule has 1 aliphatic heterocycles. The lowest BCUT2D eigenvalue weighted by molar-refractivity contribution is -0.0633. The maximum Gasteiger partial charge on any atom is 0.0815 e. The topological polar surface area (TPSA) is 41.5 Å². The molecule has 1 aromatic rings. The highest BCUT2D eigenvalue weighted by Crippen LogP contribution is 2.36. The fraction of sp³-hybridized carbons (Fsp3) is 0.625. The van der Waals surface area contributed by atoms with Crippen LogP contribution in [0.15, 0.2) is 24.3 Å². The summed E-state index contributed by atoms with van der Waals surface area (Å²) in [5.74, 6) is 0.598. The highest BCUT2D eigenvalue weighted by Gasteiger charge is 2.34.